The summed E-state index contributed by atoms with van der Waals surface area (Å²) in [4.78, 5) is 14.6. The summed E-state index contributed by atoms with van der Waals surface area (Å²) < 4.78 is 5.57. The SMILES string of the molecule is CNC1CCN(C(=O)c2c(C)oc(C)c2C)CC1C. The van der Waals surface area contributed by atoms with Crippen molar-refractivity contribution in [3.63, 3.8) is 0 Å². The molecule has 0 bridgehead atoms. The minimum absolute atomic E-state index is 0.119. The summed E-state index contributed by atoms with van der Waals surface area (Å²) in [5.41, 5.74) is 1.73. The molecule has 1 N–H and O–H groups in total. The monoisotopic (exact) mass is 264 g/mol. The highest BCUT2D eigenvalue weighted by Gasteiger charge is 2.30. The highest BCUT2D eigenvalue weighted by atomic mass is 16.3. The molecule has 1 fully saturated rings. The molecule has 1 aromatic heterocycles. The summed E-state index contributed by atoms with van der Waals surface area (Å²) in [7, 11) is 1.99. The van der Waals surface area contributed by atoms with Crippen LogP contribution in [0.4, 0.5) is 0 Å². The van der Waals surface area contributed by atoms with Crippen LogP contribution in [-0.4, -0.2) is 37.0 Å². The Hall–Kier alpha value is -1.29. The number of likely N-dealkylation sites (tertiary alicyclic amines) is 1. The van der Waals surface area contributed by atoms with Gasteiger partial charge < -0.3 is 14.6 Å². The molecule has 2 unspecified atom stereocenters. The maximum Gasteiger partial charge on any atom is 0.257 e. The Morgan fingerprint density at radius 2 is 2.00 bits per heavy atom. The summed E-state index contributed by atoms with van der Waals surface area (Å²) in [6.45, 7) is 9.57. The minimum Gasteiger partial charge on any atom is -0.466 e. The Balaban J connectivity index is 2.17. The molecule has 4 nitrogen and oxygen atoms in total. The van der Waals surface area contributed by atoms with Gasteiger partial charge in [0.25, 0.3) is 5.91 Å². The van der Waals surface area contributed by atoms with E-state index >= 15 is 0 Å². The zero-order valence-electron chi connectivity index (χ0n) is 12.5. The van der Waals surface area contributed by atoms with Gasteiger partial charge >= 0.3 is 0 Å². The highest BCUT2D eigenvalue weighted by molar-refractivity contribution is 5.97. The lowest BCUT2D eigenvalue weighted by Gasteiger charge is -2.36. The van der Waals surface area contributed by atoms with Gasteiger partial charge in [-0.25, -0.2) is 0 Å². The van der Waals surface area contributed by atoms with Crippen molar-refractivity contribution < 1.29 is 9.21 Å². The van der Waals surface area contributed by atoms with Crippen molar-refractivity contribution in [3.05, 3.63) is 22.6 Å². The first-order valence-electron chi connectivity index (χ1n) is 6.98. The molecule has 2 rings (SSSR count). The number of carbonyl (C=O) groups is 1. The van der Waals surface area contributed by atoms with E-state index in [1.54, 1.807) is 0 Å². The summed E-state index contributed by atoms with van der Waals surface area (Å²) >= 11 is 0. The van der Waals surface area contributed by atoms with Gasteiger partial charge in [0.05, 0.1) is 5.56 Å². The van der Waals surface area contributed by atoms with Crippen LogP contribution in [0.2, 0.25) is 0 Å². The Morgan fingerprint density at radius 1 is 1.32 bits per heavy atom. The van der Waals surface area contributed by atoms with E-state index in [4.69, 9.17) is 4.42 Å². The van der Waals surface area contributed by atoms with Crippen molar-refractivity contribution in [1.82, 2.24) is 10.2 Å². The molecular weight excluding hydrogens is 240 g/mol. The number of nitrogens with one attached hydrogen (secondary N) is 1. The summed E-state index contributed by atoms with van der Waals surface area (Å²) in [5.74, 6) is 2.19. The molecule has 106 valence electrons. The molecule has 4 heteroatoms. The third kappa shape index (κ3) is 2.54. The number of amides is 1. The fourth-order valence-electron chi connectivity index (χ4n) is 3.03. The molecule has 2 heterocycles. The van der Waals surface area contributed by atoms with Gasteiger partial charge in [0.2, 0.25) is 0 Å². The van der Waals surface area contributed by atoms with Crippen LogP contribution in [0, 0.1) is 26.7 Å². The van der Waals surface area contributed by atoms with Gasteiger partial charge in [-0.3, -0.25) is 4.79 Å². The van der Waals surface area contributed by atoms with E-state index in [-0.39, 0.29) is 5.91 Å². The fraction of sp³-hybridized carbons (Fsp3) is 0.667. The second-order valence-corrected chi connectivity index (χ2v) is 5.63. The van der Waals surface area contributed by atoms with Crippen LogP contribution in [0.5, 0.6) is 0 Å². The van der Waals surface area contributed by atoms with Gasteiger partial charge in [0, 0.05) is 24.7 Å². The lowest BCUT2D eigenvalue weighted by molar-refractivity contribution is 0.0647. The van der Waals surface area contributed by atoms with Gasteiger partial charge in [0.15, 0.2) is 0 Å². The lowest BCUT2D eigenvalue weighted by Crippen LogP contribution is -2.49. The quantitative estimate of drug-likeness (QED) is 0.891. The number of furan rings is 1. The minimum atomic E-state index is 0.119. The van der Waals surface area contributed by atoms with Crippen molar-refractivity contribution in [2.24, 2.45) is 5.92 Å². The van der Waals surface area contributed by atoms with E-state index < -0.39 is 0 Å². The van der Waals surface area contributed by atoms with E-state index in [2.05, 4.69) is 12.2 Å². The molecule has 1 aromatic rings. The van der Waals surface area contributed by atoms with Crippen LogP contribution in [0.3, 0.4) is 0 Å². The van der Waals surface area contributed by atoms with Gasteiger partial charge in [-0.05, 0) is 40.2 Å². The smallest absolute Gasteiger partial charge is 0.257 e. The third-order valence-electron chi connectivity index (χ3n) is 4.34. The van der Waals surface area contributed by atoms with Crippen LogP contribution in [0.25, 0.3) is 0 Å². The standard InChI is InChI=1S/C15H24N2O2/c1-9-8-17(7-6-13(9)16-5)15(18)14-10(2)11(3)19-12(14)4/h9,13,16H,6-8H2,1-5H3. The largest absolute Gasteiger partial charge is 0.466 e. The highest BCUT2D eigenvalue weighted by Crippen LogP contribution is 2.25. The first-order valence-corrected chi connectivity index (χ1v) is 6.98. The zero-order valence-corrected chi connectivity index (χ0v) is 12.5. The van der Waals surface area contributed by atoms with E-state index in [0.717, 1.165) is 42.2 Å². The average molecular weight is 264 g/mol. The van der Waals surface area contributed by atoms with Crippen molar-refractivity contribution in [2.75, 3.05) is 20.1 Å². The van der Waals surface area contributed by atoms with Crippen LogP contribution in [0.1, 0.15) is 40.8 Å². The number of hydrogen-bond acceptors (Lipinski definition) is 3. The molecule has 0 aromatic carbocycles. The molecule has 19 heavy (non-hydrogen) atoms. The number of rotatable bonds is 2. The Morgan fingerprint density at radius 3 is 2.47 bits per heavy atom. The lowest BCUT2D eigenvalue weighted by atomic mass is 9.93. The van der Waals surface area contributed by atoms with Gasteiger partial charge in [0.1, 0.15) is 11.5 Å². The van der Waals surface area contributed by atoms with Crippen LogP contribution < -0.4 is 5.32 Å². The molecule has 1 amide bonds. The van der Waals surface area contributed by atoms with Crippen LogP contribution in [0.15, 0.2) is 4.42 Å². The second-order valence-electron chi connectivity index (χ2n) is 5.63. The number of aryl methyl sites for hydroxylation is 2. The first kappa shape index (κ1) is 14.1. The first-order chi connectivity index (χ1) is 8.95. The maximum atomic E-state index is 12.6. The molecular formula is C15H24N2O2. The topological polar surface area (TPSA) is 45.5 Å². The third-order valence-corrected chi connectivity index (χ3v) is 4.34. The van der Waals surface area contributed by atoms with Crippen molar-refractivity contribution >= 4 is 5.91 Å². The fourth-order valence-corrected chi connectivity index (χ4v) is 3.03. The number of hydrogen-bond donors (Lipinski definition) is 1. The number of carbonyl (C=O) groups excluding carboxylic acids is 1. The number of piperidine rings is 1. The summed E-state index contributed by atoms with van der Waals surface area (Å²) in [6, 6.07) is 0.511. The summed E-state index contributed by atoms with van der Waals surface area (Å²) in [6.07, 6.45) is 1.01. The molecule has 0 spiro atoms. The molecule has 2 atom stereocenters. The van der Waals surface area contributed by atoms with E-state index in [0.29, 0.717) is 12.0 Å². The Bertz CT molecular complexity index is 479. The van der Waals surface area contributed by atoms with Crippen molar-refractivity contribution in [3.8, 4) is 0 Å². The average Bonchev–Trinajstić information content (AvgIpc) is 2.62. The predicted octanol–water partition coefficient (Wildman–Crippen LogP) is 2.27. The molecule has 0 aliphatic carbocycles. The zero-order chi connectivity index (χ0) is 14.2. The van der Waals surface area contributed by atoms with Crippen molar-refractivity contribution in [2.45, 2.75) is 40.2 Å². The number of nitrogens with zero attached hydrogens (tertiary/aromatic N) is 1. The second kappa shape index (κ2) is 5.37. The van der Waals surface area contributed by atoms with Crippen molar-refractivity contribution in [1.29, 1.82) is 0 Å². The molecule has 0 radical (unpaired) electrons. The van der Waals surface area contributed by atoms with E-state index in [1.165, 1.54) is 0 Å². The van der Waals surface area contributed by atoms with Gasteiger partial charge in [-0.2, -0.15) is 0 Å². The van der Waals surface area contributed by atoms with Gasteiger partial charge in [-0.15, -0.1) is 0 Å². The molecule has 1 saturated heterocycles. The van der Waals surface area contributed by atoms with Crippen LogP contribution >= 0.6 is 0 Å². The van der Waals surface area contributed by atoms with Crippen LogP contribution in [-0.2, 0) is 0 Å². The Kier molecular flexibility index (Phi) is 3.99. The normalized spacial score (nSPS) is 23.7. The molecule has 1 aliphatic heterocycles. The molecule has 1 aliphatic rings. The maximum absolute atomic E-state index is 12.6. The van der Waals surface area contributed by atoms with Gasteiger partial charge in [-0.1, -0.05) is 6.92 Å². The Labute approximate surface area is 115 Å². The summed E-state index contributed by atoms with van der Waals surface area (Å²) in [5, 5.41) is 3.32. The van der Waals surface area contributed by atoms with E-state index in [1.807, 2.05) is 32.7 Å². The van der Waals surface area contributed by atoms with E-state index in [9.17, 15) is 4.79 Å². The predicted molar refractivity (Wildman–Crippen MR) is 75.5 cm³/mol. The molecule has 0 saturated carbocycles.